The first-order chi connectivity index (χ1) is 13.1. The lowest BCUT2D eigenvalue weighted by atomic mass is 10.00. The molecule has 27 heavy (non-hydrogen) atoms. The molecule has 2 aromatic carbocycles. The third-order valence-electron chi connectivity index (χ3n) is 4.52. The Kier molecular flexibility index (Phi) is 6.99. The number of fused-ring (bicyclic) bond motifs is 1. The molecule has 0 bridgehead atoms. The summed E-state index contributed by atoms with van der Waals surface area (Å²) in [4.78, 5) is 25.6. The Labute approximate surface area is 160 Å². The van der Waals surface area contributed by atoms with E-state index in [0.29, 0.717) is 17.7 Å². The topological polar surface area (TPSA) is 55.8 Å². The van der Waals surface area contributed by atoms with Crippen molar-refractivity contribution in [2.75, 3.05) is 25.7 Å². The van der Waals surface area contributed by atoms with Gasteiger partial charge < -0.3 is 14.4 Å². The van der Waals surface area contributed by atoms with Gasteiger partial charge in [-0.15, -0.1) is 0 Å². The number of ether oxygens (including phenoxy) is 2. The van der Waals surface area contributed by atoms with Crippen molar-refractivity contribution in [3.05, 3.63) is 47.5 Å². The van der Waals surface area contributed by atoms with Gasteiger partial charge in [-0.2, -0.15) is 0 Å². The number of amides is 1. The maximum atomic E-state index is 12.0. The molecule has 1 aliphatic heterocycles. The molecular formula is C22H27NO4. The molecule has 144 valence electrons. The molecule has 1 aliphatic rings. The molecule has 1 heterocycles. The van der Waals surface area contributed by atoms with Gasteiger partial charge in [0.1, 0.15) is 11.3 Å². The minimum atomic E-state index is -0.425. The molecular weight excluding hydrogens is 342 g/mol. The third kappa shape index (κ3) is 4.13. The Balaban J connectivity index is 0.00000126. The second kappa shape index (κ2) is 9.21. The lowest BCUT2D eigenvalue weighted by Gasteiger charge is -2.16. The van der Waals surface area contributed by atoms with E-state index < -0.39 is 5.97 Å². The second-order valence-electron chi connectivity index (χ2n) is 5.90. The van der Waals surface area contributed by atoms with Crippen LogP contribution in [0.25, 0.3) is 11.1 Å². The van der Waals surface area contributed by atoms with Gasteiger partial charge in [0.2, 0.25) is 5.91 Å². The first kappa shape index (κ1) is 20.5. The third-order valence-corrected chi connectivity index (χ3v) is 4.52. The van der Waals surface area contributed by atoms with E-state index in [4.69, 9.17) is 9.47 Å². The first-order valence-electron chi connectivity index (χ1n) is 9.29. The van der Waals surface area contributed by atoms with E-state index in [2.05, 4.69) is 6.07 Å². The molecule has 0 atom stereocenters. The van der Waals surface area contributed by atoms with E-state index in [1.54, 1.807) is 6.07 Å². The fourth-order valence-corrected chi connectivity index (χ4v) is 3.18. The highest BCUT2D eigenvalue weighted by molar-refractivity contribution is 5.96. The fourth-order valence-electron chi connectivity index (χ4n) is 3.18. The Morgan fingerprint density at radius 3 is 2.33 bits per heavy atom. The Morgan fingerprint density at radius 2 is 1.70 bits per heavy atom. The predicted molar refractivity (Wildman–Crippen MR) is 107 cm³/mol. The summed E-state index contributed by atoms with van der Waals surface area (Å²) in [5.74, 6) is 0.203. The number of benzene rings is 2. The van der Waals surface area contributed by atoms with E-state index in [-0.39, 0.29) is 5.91 Å². The number of rotatable bonds is 4. The summed E-state index contributed by atoms with van der Waals surface area (Å²) in [7, 11) is 2.88. The number of hydrogen-bond acceptors (Lipinski definition) is 4. The number of carbonyl (C=O) groups excluding carboxylic acids is 2. The summed E-state index contributed by atoms with van der Waals surface area (Å²) < 4.78 is 10.1. The smallest absolute Gasteiger partial charge is 0.341 e. The van der Waals surface area contributed by atoms with Gasteiger partial charge in [0, 0.05) is 18.7 Å². The number of hydrogen-bond donors (Lipinski definition) is 0. The van der Waals surface area contributed by atoms with Crippen molar-refractivity contribution in [3.8, 4) is 16.9 Å². The van der Waals surface area contributed by atoms with Crippen LogP contribution in [0.15, 0.2) is 36.4 Å². The Hall–Kier alpha value is -2.82. The highest BCUT2D eigenvalue weighted by Gasteiger charge is 2.24. The molecule has 0 unspecified atom stereocenters. The number of carbonyl (C=O) groups is 2. The van der Waals surface area contributed by atoms with Gasteiger partial charge in [-0.25, -0.2) is 4.79 Å². The Morgan fingerprint density at radius 1 is 1.04 bits per heavy atom. The van der Waals surface area contributed by atoms with Gasteiger partial charge in [-0.3, -0.25) is 4.79 Å². The Bertz CT molecular complexity index is 829. The largest absolute Gasteiger partial charge is 0.496 e. The number of nitrogens with zero attached hydrogens (tertiary/aromatic N) is 1. The lowest BCUT2D eigenvalue weighted by Crippen LogP contribution is -2.27. The van der Waals surface area contributed by atoms with Crippen molar-refractivity contribution < 1.29 is 19.1 Å². The molecule has 0 fully saturated rings. The van der Waals surface area contributed by atoms with Crippen LogP contribution in [0.3, 0.4) is 0 Å². The van der Waals surface area contributed by atoms with Crippen LogP contribution in [-0.4, -0.2) is 32.6 Å². The van der Waals surface area contributed by atoms with Crippen molar-refractivity contribution in [1.29, 1.82) is 0 Å². The van der Waals surface area contributed by atoms with E-state index >= 15 is 0 Å². The highest BCUT2D eigenvalue weighted by atomic mass is 16.5. The van der Waals surface area contributed by atoms with Crippen LogP contribution in [-0.2, 0) is 16.0 Å². The first-order valence-corrected chi connectivity index (χ1v) is 9.29. The molecule has 0 aromatic heterocycles. The van der Waals surface area contributed by atoms with Gasteiger partial charge in [-0.05, 0) is 47.4 Å². The molecule has 3 rings (SSSR count). The van der Waals surface area contributed by atoms with Crippen molar-refractivity contribution in [2.24, 2.45) is 0 Å². The highest BCUT2D eigenvalue weighted by Crippen LogP contribution is 2.34. The van der Waals surface area contributed by atoms with E-state index in [1.165, 1.54) is 14.2 Å². The van der Waals surface area contributed by atoms with Crippen LogP contribution in [0.4, 0.5) is 5.69 Å². The summed E-state index contributed by atoms with van der Waals surface area (Å²) >= 11 is 0. The van der Waals surface area contributed by atoms with Crippen LogP contribution in [0.1, 0.15) is 43.1 Å². The van der Waals surface area contributed by atoms with Crippen molar-refractivity contribution in [1.82, 2.24) is 0 Å². The SMILES string of the molecule is CC.CCC(=O)N1CCc2cc(-c3ccc(C(=O)OC)c(OC)c3)ccc21. The summed E-state index contributed by atoms with van der Waals surface area (Å²) in [6, 6.07) is 11.5. The van der Waals surface area contributed by atoms with E-state index in [0.717, 1.165) is 35.3 Å². The number of methoxy groups -OCH3 is 2. The summed E-state index contributed by atoms with van der Waals surface area (Å²) in [5, 5.41) is 0. The summed E-state index contributed by atoms with van der Waals surface area (Å²) in [6.45, 7) is 6.61. The quantitative estimate of drug-likeness (QED) is 0.746. The zero-order chi connectivity index (χ0) is 20.0. The van der Waals surface area contributed by atoms with Gasteiger partial charge in [-0.1, -0.05) is 32.9 Å². The summed E-state index contributed by atoms with van der Waals surface area (Å²) in [6.07, 6.45) is 1.36. The van der Waals surface area contributed by atoms with Crippen molar-refractivity contribution >= 4 is 17.6 Å². The molecule has 0 radical (unpaired) electrons. The van der Waals surface area contributed by atoms with Gasteiger partial charge in [0.05, 0.1) is 14.2 Å². The van der Waals surface area contributed by atoms with Gasteiger partial charge in [0.15, 0.2) is 0 Å². The minimum absolute atomic E-state index is 0.149. The van der Waals surface area contributed by atoms with Crippen LogP contribution in [0, 0.1) is 0 Å². The standard InChI is InChI=1S/C20H21NO4.C2H6/c1-4-19(22)21-10-9-15-11-13(6-8-17(15)21)14-5-7-16(20(23)25-3)18(12-14)24-2;1-2/h5-8,11-12H,4,9-10H2,1-3H3;1-2H3. The molecule has 0 saturated heterocycles. The van der Waals surface area contributed by atoms with Crippen molar-refractivity contribution in [3.63, 3.8) is 0 Å². The van der Waals surface area contributed by atoms with Gasteiger partial charge in [0.25, 0.3) is 0 Å². The van der Waals surface area contributed by atoms with E-state index in [1.807, 2.05) is 49.9 Å². The molecule has 2 aromatic rings. The molecule has 0 N–H and O–H groups in total. The zero-order valence-corrected chi connectivity index (χ0v) is 16.7. The fraction of sp³-hybridized carbons (Fsp3) is 0.364. The maximum absolute atomic E-state index is 12.0. The monoisotopic (exact) mass is 369 g/mol. The molecule has 1 amide bonds. The zero-order valence-electron chi connectivity index (χ0n) is 16.7. The minimum Gasteiger partial charge on any atom is -0.496 e. The lowest BCUT2D eigenvalue weighted by molar-refractivity contribution is -0.118. The number of anilines is 1. The number of esters is 1. The van der Waals surface area contributed by atoms with Crippen LogP contribution >= 0.6 is 0 Å². The molecule has 0 aliphatic carbocycles. The van der Waals surface area contributed by atoms with Crippen molar-refractivity contribution in [2.45, 2.75) is 33.6 Å². The van der Waals surface area contributed by atoms with Gasteiger partial charge >= 0.3 is 5.97 Å². The predicted octanol–water partition coefficient (Wildman–Crippen LogP) is 4.47. The normalized spacial score (nSPS) is 12.0. The molecule has 0 spiro atoms. The van der Waals surface area contributed by atoms with Crippen LogP contribution in [0.2, 0.25) is 0 Å². The summed E-state index contributed by atoms with van der Waals surface area (Å²) in [5.41, 5.74) is 4.53. The second-order valence-corrected chi connectivity index (χ2v) is 5.90. The van der Waals surface area contributed by atoms with E-state index in [9.17, 15) is 9.59 Å². The molecule has 0 saturated carbocycles. The van der Waals surface area contributed by atoms with Crippen LogP contribution < -0.4 is 9.64 Å². The molecule has 5 nitrogen and oxygen atoms in total. The van der Waals surface area contributed by atoms with Crippen LogP contribution in [0.5, 0.6) is 5.75 Å². The molecule has 5 heteroatoms. The average molecular weight is 369 g/mol. The average Bonchev–Trinajstić information content (AvgIpc) is 3.16. The maximum Gasteiger partial charge on any atom is 0.341 e.